The van der Waals surface area contributed by atoms with Crippen LogP contribution in [0.2, 0.25) is 0 Å². The van der Waals surface area contributed by atoms with Crippen molar-refractivity contribution in [2.75, 3.05) is 18.5 Å². The Kier molecular flexibility index (Phi) is 5.42. The van der Waals surface area contributed by atoms with Gasteiger partial charge >= 0.3 is 6.09 Å². The number of benzene rings is 1. The Bertz CT molecular complexity index is 369. The van der Waals surface area contributed by atoms with Gasteiger partial charge in [0.1, 0.15) is 12.4 Å². The summed E-state index contributed by atoms with van der Waals surface area (Å²) in [5, 5.41) is 5.55. The number of carbonyl (C=O) groups excluding carboxylic acids is 1. The third-order valence-corrected chi connectivity index (χ3v) is 1.96. The van der Waals surface area contributed by atoms with E-state index in [1.165, 1.54) is 18.2 Å². The van der Waals surface area contributed by atoms with E-state index < -0.39 is 11.9 Å². The SMILES string of the molecule is CC(C)NCCOC(=O)Nc1cccc(F)c1. The molecule has 0 spiro atoms. The predicted molar refractivity (Wildman–Crippen MR) is 64.5 cm³/mol. The van der Waals surface area contributed by atoms with Crippen molar-refractivity contribution in [1.82, 2.24) is 5.32 Å². The Balaban J connectivity index is 2.25. The first-order valence-electron chi connectivity index (χ1n) is 5.50. The molecular formula is C12H17FN2O2. The van der Waals surface area contributed by atoms with Gasteiger partial charge in [0.05, 0.1) is 0 Å². The van der Waals surface area contributed by atoms with Crippen LogP contribution in [0, 0.1) is 5.82 Å². The monoisotopic (exact) mass is 240 g/mol. The molecule has 1 amide bonds. The Morgan fingerprint density at radius 1 is 1.47 bits per heavy atom. The minimum absolute atomic E-state index is 0.277. The molecule has 0 aliphatic carbocycles. The number of halogens is 1. The average molecular weight is 240 g/mol. The number of nitrogens with one attached hydrogen (secondary N) is 2. The van der Waals surface area contributed by atoms with Crippen LogP contribution in [-0.2, 0) is 4.74 Å². The maximum atomic E-state index is 12.8. The second kappa shape index (κ2) is 6.85. The molecular weight excluding hydrogens is 223 g/mol. The largest absolute Gasteiger partial charge is 0.448 e. The summed E-state index contributed by atoms with van der Waals surface area (Å²) in [7, 11) is 0. The summed E-state index contributed by atoms with van der Waals surface area (Å²) in [6, 6.07) is 6.00. The lowest BCUT2D eigenvalue weighted by molar-refractivity contribution is 0.161. The molecule has 0 aliphatic rings. The van der Waals surface area contributed by atoms with Crippen molar-refractivity contribution in [1.29, 1.82) is 0 Å². The number of amides is 1. The lowest BCUT2D eigenvalue weighted by Gasteiger charge is -2.09. The van der Waals surface area contributed by atoms with Crippen LogP contribution in [0.25, 0.3) is 0 Å². The molecule has 0 aliphatic heterocycles. The van der Waals surface area contributed by atoms with Gasteiger partial charge in [0.25, 0.3) is 0 Å². The van der Waals surface area contributed by atoms with Gasteiger partial charge in [-0.15, -0.1) is 0 Å². The molecule has 0 unspecified atom stereocenters. The molecule has 5 heteroatoms. The summed E-state index contributed by atoms with van der Waals surface area (Å²) in [5.41, 5.74) is 0.381. The van der Waals surface area contributed by atoms with Crippen molar-refractivity contribution >= 4 is 11.8 Å². The van der Waals surface area contributed by atoms with E-state index in [0.29, 0.717) is 18.3 Å². The maximum Gasteiger partial charge on any atom is 0.411 e. The van der Waals surface area contributed by atoms with E-state index in [0.717, 1.165) is 0 Å². The normalized spacial score (nSPS) is 10.4. The number of rotatable bonds is 5. The van der Waals surface area contributed by atoms with Crippen molar-refractivity contribution < 1.29 is 13.9 Å². The average Bonchev–Trinajstić information content (AvgIpc) is 2.24. The zero-order chi connectivity index (χ0) is 12.7. The van der Waals surface area contributed by atoms with Crippen LogP contribution in [0.15, 0.2) is 24.3 Å². The van der Waals surface area contributed by atoms with Crippen molar-refractivity contribution in [2.45, 2.75) is 19.9 Å². The number of hydrogen-bond donors (Lipinski definition) is 2. The van der Waals surface area contributed by atoms with Gasteiger partial charge in [0, 0.05) is 18.3 Å². The summed E-state index contributed by atoms with van der Waals surface area (Å²) < 4.78 is 17.7. The first-order chi connectivity index (χ1) is 8.08. The summed E-state index contributed by atoms with van der Waals surface area (Å²) in [5.74, 6) is -0.399. The van der Waals surface area contributed by atoms with E-state index in [-0.39, 0.29) is 6.61 Å². The second-order valence-electron chi connectivity index (χ2n) is 3.88. The van der Waals surface area contributed by atoms with E-state index in [2.05, 4.69) is 10.6 Å². The van der Waals surface area contributed by atoms with E-state index in [1.807, 2.05) is 13.8 Å². The highest BCUT2D eigenvalue weighted by Gasteiger charge is 2.03. The van der Waals surface area contributed by atoms with E-state index >= 15 is 0 Å². The standard InChI is InChI=1S/C12H17FN2O2/c1-9(2)14-6-7-17-12(16)15-11-5-3-4-10(13)8-11/h3-5,8-9,14H,6-7H2,1-2H3,(H,15,16). The summed E-state index contributed by atoms with van der Waals surface area (Å²) in [4.78, 5) is 11.3. The van der Waals surface area contributed by atoms with Crippen molar-refractivity contribution in [3.05, 3.63) is 30.1 Å². The van der Waals surface area contributed by atoms with Gasteiger partial charge in [-0.2, -0.15) is 0 Å². The molecule has 94 valence electrons. The highest BCUT2D eigenvalue weighted by Crippen LogP contribution is 2.08. The number of carbonyl (C=O) groups is 1. The third kappa shape index (κ3) is 5.87. The zero-order valence-corrected chi connectivity index (χ0v) is 10.00. The highest BCUT2D eigenvalue weighted by molar-refractivity contribution is 5.84. The van der Waals surface area contributed by atoms with Gasteiger partial charge in [0.15, 0.2) is 0 Å². The fraction of sp³-hybridized carbons (Fsp3) is 0.417. The fourth-order valence-corrected chi connectivity index (χ4v) is 1.21. The van der Waals surface area contributed by atoms with E-state index in [4.69, 9.17) is 4.74 Å². The maximum absolute atomic E-state index is 12.8. The molecule has 2 N–H and O–H groups in total. The molecule has 0 bridgehead atoms. The molecule has 1 aromatic carbocycles. The van der Waals surface area contributed by atoms with Gasteiger partial charge in [-0.1, -0.05) is 19.9 Å². The lowest BCUT2D eigenvalue weighted by atomic mass is 10.3. The highest BCUT2D eigenvalue weighted by atomic mass is 19.1. The van der Waals surface area contributed by atoms with Crippen LogP contribution in [-0.4, -0.2) is 25.3 Å². The Morgan fingerprint density at radius 2 is 2.24 bits per heavy atom. The Hall–Kier alpha value is -1.62. The van der Waals surface area contributed by atoms with Crippen LogP contribution in [0.3, 0.4) is 0 Å². The minimum atomic E-state index is -0.582. The molecule has 0 saturated heterocycles. The van der Waals surface area contributed by atoms with Gasteiger partial charge in [-0.3, -0.25) is 5.32 Å². The number of ether oxygens (including phenoxy) is 1. The van der Waals surface area contributed by atoms with Crippen LogP contribution in [0.1, 0.15) is 13.8 Å². The quantitative estimate of drug-likeness (QED) is 0.777. The van der Waals surface area contributed by atoms with Crippen LogP contribution in [0.5, 0.6) is 0 Å². The predicted octanol–water partition coefficient (Wildman–Crippen LogP) is 2.37. The molecule has 1 rings (SSSR count). The van der Waals surface area contributed by atoms with Crippen LogP contribution in [0.4, 0.5) is 14.9 Å². The zero-order valence-electron chi connectivity index (χ0n) is 10.00. The summed E-state index contributed by atoms with van der Waals surface area (Å²) >= 11 is 0. The molecule has 1 aromatic rings. The van der Waals surface area contributed by atoms with Crippen LogP contribution >= 0.6 is 0 Å². The minimum Gasteiger partial charge on any atom is -0.448 e. The summed E-state index contributed by atoms with van der Waals surface area (Å²) in [6.45, 7) is 4.88. The van der Waals surface area contributed by atoms with Gasteiger partial charge in [0.2, 0.25) is 0 Å². The van der Waals surface area contributed by atoms with Gasteiger partial charge in [-0.25, -0.2) is 9.18 Å². The first-order valence-corrected chi connectivity index (χ1v) is 5.50. The van der Waals surface area contributed by atoms with E-state index in [1.54, 1.807) is 6.07 Å². The summed E-state index contributed by atoms with van der Waals surface area (Å²) in [6.07, 6.45) is -0.582. The first kappa shape index (κ1) is 13.4. The Morgan fingerprint density at radius 3 is 2.88 bits per heavy atom. The Labute approximate surface area is 100 Å². The lowest BCUT2D eigenvalue weighted by Crippen LogP contribution is -2.28. The van der Waals surface area contributed by atoms with Crippen LogP contribution < -0.4 is 10.6 Å². The van der Waals surface area contributed by atoms with Crippen molar-refractivity contribution in [3.8, 4) is 0 Å². The van der Waals surface area contributed by atoms with Crippen molar-refractivity contribution in [2.24, 2.45) is 0 Å². The van der Waals surface area contributed by atoms with Crippen molar-refractivity contribution in [3.63, 3.8) is 0 Å². The molecule has 0 aromatic heterocycles. The molecule has 0 fully saturated rings. The number of hydrogen-bond acceptors (Lipinski definition) is 3. The van der Waals surface area contributed by atoms with E-state index in [9.17, 15) is 9.18 Å². The molecule has 0 saturated carbocycles. The number of anilines is 1. The molecule has 0 radical (unpaired) electrons. The topological polar surface area (TPSA) is 50.4 Å². The smallest absolute Gasteiger partial charge is 0.411 e. The van der Waals surface area contributed by atoms with Gasteiger partial charge in [-0.05, 0) is 18.2 Å². The second-order valence-corrected chi connectivity index (χ2v) is 3.88. The molecule has 0 heterocycles. The fourth-order valence-electron chi connectivity index (χ4n) is 1.21. The molecule has 0 atom stereocenters. The van der Waals surface area contributed by atoms with Gasteiger partial charge < -0.3 is 10.1 Å². The molecule has 4 nitrogen and oxygen atoms in total. The third-order valence-electron chi connectivity index (χ3n) is 1.96. The molecule has 17 heavy (non-hydrogen) atoms.